The molecular weight excluding hydrogens is 338 g/mol. The van der Waals surface area contributed by atoms with Gasteiger partial charge in [-0.3, -0.25) is 19.5 Å². The van der Waals surface area contributed by atoms with Crippen molar-refractivity contribution in [3.63, 3.8) is 0 Å². The molecule has 2 aliphatic carbocycles. The van der Waals surface area contributed by atoms with Gasteiger partial charge in [0.15, 0.2) is 5.17 Å². The highest BCUT2D eigenvalue weighted by Gasteiger charge is 2.43. The van der Waals surface area contributed by atoms with E-state index in [1.165, 1.54) is 17.8 Å². The van der Waals surface area contributed by atoms with Crippen LogP contribution in [0.3, 0.4) is 0 Å². The van der Waals surface area contributed by atoms with E-state index in [2.05, 4.69) is 10.3 Å². The summed E-state index contributed by atoms with van der Waals surface area (Å²) >= 11 is 1.32. The summed E-state index contributed by atoms with van der Waals surface area (Å²) in [6.07, 6.45) is 5.59. The van der Waals surface area contributed by atoms with Gasteiger partial charge in [-0.1, -0.05) is 0 Å². The van der Waals surface area contributed by atoms with Crippen molar-refractivity contribution < 1.29 is 14.3 Å². The molecule has 1 N–H and O–H groups in total. The fourth-order valence-corrected chi connectivity index (χ4v) is 3.64. The number of hydrogen-bond donors (Lipinski definition) is 1. The predicted octanol–water partition coefficient (Wildman–Crippen LogP) is 2.77. The molecule has 4 rings (SSSR count). The van der Waals surface area contributed by atoms with Gasteiger partial charge in [0.1, 0.15) is 5.75 Å². The Bertz CT molecular complexity index is 764. The normalized spacial score (nSPS) is 23.4. The number of carbonyl (C=O) groups excluding carboxylic acids is 2. The fourth-order valence-electron chi connectivity index (χ4n) is 2.56. The molecule has 3 fully saturated rings. The number of benzene rings is 1. The summed E-state index contributed by atoms with van der Waals surface area (Å²) in [6, 6.07) is 7.67. The third kappa shape index (κ3) is 3.71. The molecule has 0 atom stereocenters. The smallest absolute Gasteiger partial charge is 0.267 e. The van der Waals surface area contributed by atoms with Gasteiger partial charge in [-0.05, 0) is 61.7 Å². The lowest BCUT2D eigenvalue weighted by Gasteiger charge is -2.13. The van der Waals surface area contributed by atoms with Gasteiger partial charge in [-0.15, -0.1) is 0 Å². The van der Waals surface area contributed by atoms with Crippen molar-refractivity contribution in [3.8, 4) is 5.75 Å². The van der Waals surface area contributed by atoms with Crippen LogP contribution in [-0.2, 0) is 9.59 Å². The van der Waals surface area contributed by atoms with E-state index >= 15 is 0 Å². The Kier molecular flexibility index (Phi) is 4.25. The number of amides is 2. The highest BCUT2D eigenvalue weighted by molar-refractivity contribution is 8.18. The van der Waals surface area contributed by atoms with Gasteiger partial charge in [0, 0.05) is 17.8 Å². The van der Waals surface area contributed by atoms with Crippen molar-refractivity contribution in [2.24, 2.45) is 4.99 Å². The first kappa shape index (κ1) is 16.2. The molecule has 2 amide bonds. The van der Waals surface area contributed by atoms with E-state index in [-0.39, 0.29) is 17.9 Å². The van der Waals surface area contributed by atoms with Crippen molar-refractivity contribution in [2.75, 3.05) is 12.4 Å². The molecule has 1 aromatic carbocycles. The topological polar surface area (TPSA) is 71.0 Å². The minimum Gasteiger partial charge on any atom is -0.497 e. The SMILES string of the molecule is COc1ccc(NC(=O)/C=C2/SC(=NC3CC3)N(C3CC3)C2=O)cc1. The maximum absolute atomic E-state index is 12.6. The number of ether oxygens (including phenoxy) is 1. The van der Waals surface area contributed by atoms with Crippen LogP contribution < -0.4 is 10.1 Å². The van der Waals surface area contributed by atoms with Crippen molar-refractivity contribution in [1.82, 2.24) is 4.90 Å². The van der Waals surface area contributed by atoms with E-state index in [1.807, 2.05) is 0 Å². The number of nitrogens with zero attached hydrogens (tertiary/aromatic N) is 2. The second-order valence-corrected chi connectivity index (χ2v) is 7.39. The second-order valence-electron chi connectivity index (χ2n) is 6.38. The summed E-state index contributed by atoms with van der Waals surface area (Å²) in [7, 11) is 1.59. The van der Waals surface area contributed by atoms with Gasteiger partial charge < -0.3 is 10.1 Å². The largest absolute Gasteiger partial charge is 0.497 e. The molecule has 6 nitrogen and oxygen atoms in total. The summed E-state index contributed by atoms with van der Waals surface area (Å²) in [5.74, 6) is 0.306. The number of rotatable bonds is 5. The van der Waals surface area contributed by atoms with E-state index in [4.69, 9.17) is 4.74 Å². The molecule has 0 bridgehead atoms. The molecule has 7 heteroatoms. The molecule has 0 aromatic heterocycles. The molecule has 1 heterocycles. The third-order valence-corrected chi connectivity index (χ3v) is 5.21. The third-order valence-electron chi connectivity index (χ3n) is 4.21. The summed E-state index contributed by atoms with van der Waals surface area (Å²) in [4.78, 5) is 31.7. The summed E-state index contributed by atoms with van der Waals surface area (Å²) < 4.78 is 5.09. The maximum Gasteiger partial charge on any atom is 0.267 e. The fraction of sp³-hybridized carbons (Fsp3) is 0.389. The van der Waals surface area contributed by atoms with E-state index in [0.29, 0.717) is 16.6 Å². The van der Waals surface area contributed by atoms with Crippen molar-refractivity contribution in [1.29, 1.82) is 0 Å². The molecule has 0 radical (unpaired) electrons. The summed E-state index contributed by atoms with van der Waals surface area (Å²) in [6.45, 7) is 0. The first-order chi connectivity index (χ1) is 12.1. The number of nitrogens with one attached hydrogen (secondary N) is 1. The molecule has 3 aliphatic rings. The van der Waals surface area contributed by atoms with Crippen LogP contribution in [0, 0.1) is 0 Å². The Balaban J connectivity index is 1.47. The quantitative estimate of drug-likeness (QED) is 0.823. The average Bonchev–Trinajstić information content (AvgIpc) is 3.51. The predicted molar refractivity (Wildman–Crippen MR) is 97.6 cm³/mol. The zero-order valence-corrected chi connectivity index (χ0v) is 14.7. The number of carbonyl (C=O) groups is 2. The highest BCUT2D eigenvalue weighted by Crippen LogP contribution is 2.40. The Labute approximate surface area is 150 Å². The van der Waals surface area contributed by atoms with Gasteiger partial charge in [0.2, 0.25) is 5.91 Å². The Morgan fingerprint density at radius 2 is 2.00 bits per heavy atom. The molecule has 1 aromatic rings. The van der Waals surface area contributed by atoms with E-state index < -0.39 is 0 Å². The number of amidine groups is 1. The monoisotopic (exact) mass is 357 g/mol. The minimum absolute atomic E-state index is 0.100. The van der Waals surface area contributed by atoms with Crippen LogP contribution in [-0.4, -0.2) is 41.1 Å². The van der Waals surface area contributed by atoms with Crippen LogP contribution in [0.5, 0.6) is 5.75 Å². The molecule has 2 saturated carbocycles. The summed E-state index contributed by atoms with van der Waals surface area (Å²) in [5, 5.41) is 3.54. The van der Waals surface area contributed by atoms with E-state index in [9.17, 15) is 9.59 Å². The number of hydrogen-bond acceptors (Lipinski definition) is 5. The van der Waals surface area contributed by atoms with Crippen LogP contribution in [0.15, 0.2) is 40.2 Å². The van der Waals surface area contributed by atoms with Crippen molar-refractivity contribution in [2.45, 2.75) is 37.8 Å². The number of aliphatic imine (C=N–C) groups is 1. The lowest BCUT2D eigenvalue weighted by Crippen LogP contribution is -2.31. The first-order valence-electron chi connectivity index (χ1n) is 8.40. The Hall–Kier alpha value is -2.28. The van der Waals surface area contributed by atoms with Crippen LogP contribution in [0.1, 0.15) is 25.7 Å². The lowest BCUT2D eigenvalue weighted by molar-refractivity contribution is -0.123. The van der Waals surface area contributed by atoms with Crippen LogP contribution in [0.4, 0.5) is 5.69 Å². The van der Waals surface area contributed by atoms with Gasteiger partial charge in [0.05, 0.1) is 18.1 Å². The van der Waals surface area contributed by atoms with Gasteiger partial charge in [-0.25, -0.2) is 0 Å². The van der Waals surface area contributed by atoms with E-state index in [0.717, 1.165) is 36.6 Å². The number of thioether (sulfide) groups is 1. The second kappa shape index (κ2) is 6.55. The highest BCUT2D eigenvalue weighted by atomic mass is 32.2. The number of anilines is 1. The van der Waals surface area contributed by atoms with Crippen LogP contribution in [0.2, 0.25) is 0 Å². The van der Waals surface area contributed by atoms with Crippen LogP contribution >= 0.6 is 11.8 Å². The molecule has 0 unspecified atom stereocenters. The zero-order valence-electron chi connectivity index (χ0n) is 13.9. The first-order valence-corrected chi connectivity index (χ1v) is 9.21. The maximum atomic E-state index is 12.6. The number of methoxy groups -OCH3 is 1. The van der Waals surface area contributed by atoms with Crippen molar-refractivity contribution in [3.05, 3.63) is 35.2 Å². The molecule has 1 aliphatic heterocycles. The zero-order chi connectivity index (χ0) is 17.4. The van der Waals surface area contributed by atoms with Gasteiger partial charge >= 0.3 is 0 Å². The molecular formula is C18H19N3O3S. The minimum atomic E-state index is -0.315. The van der Waals surface area contributed by atoms with Gasteiger partial charge in [0.25, 0.3) is 5.91 Å². The molecule has 0 spiro atoms. The molecule has 130 valence electrons. The summed E-state index contributed by atoms with van der Waals surface area (Å²) in [5.41, 5.74) is 0.656. The standard InChI is InChI=1S/C18H19N3O3S/c1-24-14-8-4-11(5-9-14)19-16(22)10-15-17(23)21(13-6-7-13)18(25-15)20-12-2-3-12/h4-5,8-10,12-13H,2-3,6-7H2,1H3,(H,19,22)/b15-10+,20-18?. The van der Waals surface area contributed by atoms with Crippen LogP contribution in [0.25, 0.3) is 0 Å². The Morgan fingerprint density at radius 3 is 2.60 bits per heavy atom. The van der Waals surface area contributed by atoms with Gasteiger partial charge in [-0.2, -0.15) is 0 Å². The van der Waals surface area contributed by atoms with Crippen molar-refractivity contribution >= 4 is 34.4 Å². The van der Waals surface area contributed by atoms with E-state index in [1.54, 1.807) is 36.3 Å². The Morgan fingerprint density at radius 1 is 1.28 bits per heavy atom. The lowest BCUT2D eigenvalue weighted by atomic mass is 10.3. The average molecular weight is 357 g/mol. The molecule has 1 saturated heterocycles. The molecule has 25 heavy (non-hydrogen) atoms.